The Labute approximate surface area is 181 Å². The van der Waals surface area contributed by atoms with E-state index in [0.29, 0.717) is 18.3 Å². The molecule has 0 amide bonds. The molecule has 1 heterocycles. The second kappa shape index (κ2) is 11.4. The van der Waals surface area contributed by atoms with E-state index < -0.39 is 15.2 Å². The Balaban J connectivity index is 1.32. The number of benzene rings is 1. The van der Waals surface area contributed by atoms with E-state index >= 15 is 0 Å². The van der Waals surface area contributed by atoms with Gasteiger partial charge in [0.05, 0.1) is 6.61 Å². The lowest BCUT2D eigenvalue weighted by Crippen LogP contribution is -2.29. The molecular weight excluding hydrogens is 405 g/mol. The average molecular weight is 443 g/mol. The number of halogens is 3. The largest absolute Gasteiger partial charge is 0.573 e. The Kier molecular flexibility index (Phi) is 8.96. The second-order valence-corrected chi connectivity index (χ2v) is 12.9. The van der Waals surface area contributed by atoms with Crippen LogP contribution in [-0.2, 0) is 0 Å². The molecule has 170 valence electrons. The molecule has 1 saturated carbocycles. The number of alkyl halides is 3. The summed E-state index contributed by atoms with van der Waals surface area (Å²) in [6, 6.07) is 10.4. The van der Waals surface area contributed by atoms with Crippen LogP contribution in [0.25, 0.3) is 0 Å². The molecule has 0 atom stereocenters. The third kappa shape index (κ3) is 7.82. The Morgan fingerprint density at radius 1 is 0.867 bits per heavy atom. The molecule has 1 aliphatic carbocycles. The first kappa shape index (κ1) is 23.5. The van der Waals surface area contributed by atoms with E-state index in [1.807, 2.05) is 0 Å². The lowest BCUT2D eigenvalue weighted by Gasteiger charge is -2.37. The molecular formula is C24H37F3O2Si. The van der Waals surface area contributed by atoms with Gasteiger partial charge >= 0.3 is 6.36 Å². The fraction of sp³-hybridized carbons (Fsp3) is 0.750. The van der Waals surface area contributed by atoms with Crippen LogP contribution in [-0.4, -0.2) is 21.8 Å². The predicted molar refractivity (Wildman–Crippen MR) is 118 cm³/mol. The van der Waals surface area contributed by atoms with Gasteiger partial charge < -0.3 is 9.47 Å². The summed E-state index contributed by atoms with van der Waals surface area (Å²) >= 11 is 0. The van der Waals surface area contributed by atoms with Crippen molar-refractivity contribution in [2.45, 2.75) is 89.2 Å². The van der Waals surface area contributed by atoms with Crippen LogP contribution >= 0.6 is 0 Å². The van der Waals surface area contributed by atoms with Crippen molar-refractivity contribution in [2.24, 2.45) is 17.8 Å². The standard InChI is InChI=1S/C24H37F3O2Si/c1-2-3-4-15-30-16-13-21(14-17-30)20-7-5-19(6-8-20)18-28-22-9-11-23(12-10-22)29-24(25,26)27/h9-12,19-21,30H,2-8,13-18H2,1H3/t19-,20-,21-,30-. The number of hydrogen-bond acceptors (Lipinski definition) is 2. The third-order valence-corrected chi connectivity index (χ3v) is 10.7. The summed E-state index contributed by atoms with van der Waals surface area (Å²) in [4.78, 5) is 0. The number of ether oxygens (including phenoxy) is 2. The lowest BCUT2D eigenvalue weighted by atomic mass is 9.74. The van der Waals surface area contributed by atoms with Crippen LogP contribution in [0.15, 0.2) is 24.3 Å². The molecule has 0 radical (unpaired) electrons. The van der Waals surface area contributed by atoms with E-state index in [4.69, 9.17) is 4.74 Å². The highest BCUT2D eigenvalue weighted by Gasteiger charge is 2.32. The van der Waals surface area contributed by atoms with Gasteiger partial charge in [-0.25, -0.2) is 0 Å². The highest BCUT2D eigenvalue weighted by molar-refractivity contribution is 6.58. The molecule has 30 heavy (non-hydrogen) atoms. The van der Waals surface area contributed by atoms with Crippen LogP contribution in [0.4, 0.5) is 13.2 Å². The van der Waals surface area contributed by atoms with Crippen molar-refractivity contribution in [3.8, 4) is 11.5 Å². The normalized spacial score (nSPS) is 27.6. The van der Waals surface area contributed by atoms with Crippen LogP contribution < -0.4 is 9.47 Å². The van der Waals surface area contributed by atoms with Crippen molar-refractivity contribution in [1.29, 1.82) is 0 Å². The first-order valence-corrected chi connectivity index (χ1v) is 14.4. The molecule has 3 rings (SSSR count). The summed E-state index contributed by atoms with van der Waals surface area (Å²) in [7, 11) is -0.416. The van der Waals surface area contributed by atoms with Gasteiger partial charge in [-0.1, -0.05) is 57.2 Å². The van der Waals surface area contributed by atoms with E-state index in [1.54, 1.807) is 30.3 Å². The SMILES string of the molecule is CCCCC[Si@H]1CC[C@H]([C@H]2CC[C@H](COc3ccc(OC(F)(F)F)cc3)CC2)CC1. The van der Waals surface area contributed by atoms with E-state index in [1.165, 1.54) is 69.9 Å². The number of unbranched alkanes of at least 4 members (excludes halogenated alkanes) is 2. The Morgan fingerprint density at radius 3 is 2.07 bits per heavy atom. The highest BCUT2D eigenvalue weighted by Crippen LogP contribution is 2.41. The molecule has 2 nitrogen and oxygen atoms in total. The van der Waals surface area contributed by atoms with Gasteiger partial charge in [-0.2, -0.15) is 0 Å². The zero-order chi connectivity index (χ0) is 21.4. The summed E-state index contributed by atoms with van der Waals surface area (Å²) < 4.78 is 46.4. The number of rotatable bonds is 9. The van der Waals surface area contributed by atoms with E-state index in [9.17, 15) is 13.2 Å². The Bertz CT molecular complexity index is 604. The van der Waals surface area contributed by atoms with E-state index in [0.717, 1.165) is 11.8 Å². The van der Waals surface area contributed by atoms with Gasteiger partial charge in [0.25, 0.3) is 0 Å². The predicted octanol–water partition coefficient (Wildman–Crippen LogP) is 7.60. The molecule has 0 N–H and O–H groups in total. The summed E-state index contributed by atoms with van der Waals surface area (Å²) in [6.07, 6.45) is 7.62. The average Bonchev–Trinajstić information content (AvgIpc) is 2.73. The van der Waals surface area contributed by atoms with Crippen LogP contribution in [0.2, 0.25) is 18.1 Å². The molecule has 1 aliphatic heterocycles. The zero-order valence-electron chi connectivity index (χ0n) is 18.3. The van der Waals surface area contributed by atoms with Crippen LogP contribution in [0.3, 0.4) is 0 Å². The van der Waals surface area contributed by atoms with Crippen LogP contribution in [0.1, 0.15) is 64.7 Å². The van der Waals surface area contributed by atoms with Gasteiger partial charge in [0.1, 0.15) is 11.5 Å². The monoisotopic (exact) mass is 442 g/mol. The van der Waals surface area contributed by atoms with E-state index in [2.05, 4.69) is 11.7 Å². The molecule has 0 unspecified atom stereocenters. The molecule has 1 aromatic carbocycles. The molecule has 1 saturated heterocycles. The van der Waals surface area contributed by atoms with E-state index in [-0.39, 0.29) is 5.75 Å². The number of hydrogen-bond donors (Lipinski definition) is 0. The molecule has 0 aromatic heterocycles. The summed E-state index contributed by atoms with van der Waals surface area (Å²) in [6.45, 7) is 2.95. The topological polar surface area (TPSA) is 18.5 Å². The molecule has 0 spiro atoms. The van der Waals surface area contributed by atoms with Crippen LogP contribution in [0.5, 0.6) is 11.5 Å². The zero-order valence-corrected chi connectivity index (χ0v) is 19.4. The van der Waals surface area contributed by atoms with Crippen molar-refractivity contribution >= 4 is 8.80 Å². The van der Waals surface area contributed by atoms with Crippen molar-refractivity contribution in [1.82, 2.24) is 0 Å². The maximum absolute atomic E-state index is 12.2. The minimum atomic E-state index is -4.66. The van der Waals surface area contributed by atoms with Crippen molar-refractivity contribution in [3.63, 3.8) is 0 Å². The molecule has 2 fully saturated rings. The molecule has 2 aliphatic rings. The van der Waals surface area contributed by atoms with Gasteiger partial charge in [0.2, 0.25) is 0 Å². The second-order valence-electron chi connectivity index (χ2n) is 9.39. The maximum Gasteiger partial charge on any atom is 0.573 e. The minimum Gasteiger partial charge on any atom is -0.493 e. The van der Waals surface area contributed by atoms with Crippen molar-refractivity contribution < 1.29 is 22.6 Å². The summed E-state index contributed by atoms with van der Waals surface area (Å²) in [5.41, 5.74) is 0. The Morgan fingerprint density at radius 2 is 1.47 bits per heavy atom. The van der Waals surface area contributed by atoms with Gasteiger partial charge in [0.15, 0.2) is 0 Å². The minimum absolute atomic E-state index is 0.210. The fourth-order valence-electron chi connectivity index (χ4n) is 5.41. The lowest BCUT2D eigenvalue weighted by molar-refractivity contribution is -0.274. The quantitative estimate of drug-likeness (QED) is 0.290. The molecule has 1 aromatic rings. The maximum atomic E-state index is 12.2. The fourth-order valence-corrected chi connectivity index (χ4v) is 8.94. The first-order chi connectivity index (χ1) is 14.4. The van der Waals surface area contributed by atoms with Gasteiger partial charge in [-0.05, 0) is 67.7 Å². The highest BCUT2D eigenvalue weighted by atomic mass is 28.3. The summed E-state index contributed by atoms with van der Waals surface area (Å²) in [5.74, 6) is 2.83. The first-order valence-electron chi connectivity index (χ1n) is 11.9. The third-order valence-electron chi connectivity index (χ3n) is 7.21. The van der Waals surface area contributed by atoms with Crippen LogP contribution in [0, 0.1) is 17.8 Å². The van der Waals surface area contributed by atoms with Crippen molar-refractivity contribution in [3.05, 3.63) is 24.3 Å². The smallest absolute Gasteiger partial charge is 0.493 e. The van der Waals surface area contributed by atoms with Gasteiger partial charge in [-0.15, -0.1) is 13.2 Å². The molecule has 6 heteroatoms. The molecule has 0 bridgehead atoms. The van der Waals surface area contributed by atoms with Gasteiger partial charge in [0, 0.05) is 8.80 Å². The van der Waals surface area contributed by atoms with Crippen molar-refractivity contribution in [2.75, 3.05) is 6.61 Å². The summed E-state index contributed by atoms with van der Waals surface area (Å²) in [5, 5.41) is 0. The van der Waals surface area contributed by atoms with Gasteiger partial charge in [-0.3, -0.25) is 0 Å². The Hall–Kier alpha value is -1.17.